The molecule has 3 heterocycles. The van der Waals surface area contributed by atoms with E-state index in [0.29, 0.717) is 49.9 Å². The topological polar surface area (TPSA) is 88.1 Å². The van der Waals surface area contributed by atoms with E-state index < -0.39 is 0 Å². The second-order valence-electron chi connectivity index (χ2n) is 8.63. The summed E-state index contributed by atoms with van der Waals surface area (Å²) in [6.07, 6.45) is 2.48. The Hall–Kier alpha value is -3.98. The molecule has 0 bridgehead atoms. The van der Waals surface area contributed by atoms with E-state index in [9.17, 15) is 9.18 Å². The lowest BCUT2D eigenvalue weighted by Crippen LogP contribution is -2.36. The second kappa shape index (κ2) is 11.2. The quantitative estimate of drug-likeness (QED) is 0.501. The van der Waals surface area contributed by atoms with Gasteiger partial charge in [-0.15, -0.1) is 0 Å². The lowest BCUT2D eigenvalue weighted by atomic mass is 10.1. The third-order valence-electron chi connectivity index (χ3n) is 5.97. The molecule has 0 atom stereocenters. The number of aryl methyl sites for hydroxylation is 1. The molecule has 0 radical (unpaired) electrons. The highest BCUT2D eigenvalue weighted by molar-refractivity contribution is 5.98. The molecule has 2 aromatic carbocycles. The minimum Gasteiger partial charge on any atom is -0.457 e. The summed E-state index contributed by atoms with van der Waals surface area (Å²) in [5.74, 6) is 1.55. The molecule has 0 saturated carbocycles. The van der Waals surface area contributed by atoms with Gasteiger partial charge in [0.1, 0.15) is 28.8 Å². The highest BCUT2D eigenvalue weighted by Gasteiger charge is 2.14. The smallest absolute Gasteiger partial charge is 0.224 e. The summed E-state index contributed by atoms with van der Waals surface area (Å²) in [5, 5.41) is 6.03. The number of halogens is 1. The fraction of sp³-hybridized carbons (Fsp3) is 0.296. The minimum atomic E-state index is -0.380. The minimum absolute atomic E-state index is 0.177. The summed E-state index contributed by atoms with van der Waals surface area (Å²) in [6, 6.07) is 15.9. The highest BCUT2D eigenvalue weighted by atomic mass is 19.1. The van der Waals surface area contributed by atoms with E-state index in [0.717, 1.165) is 35.9 Å². The standard InChI is InChI=1S/C27H28FN5O3/c28-20-15-21(17-22(16-20)33-10-12-35-13-11-33)32-26(34)5-4-19-2-1-3-23(14-19)36-24-6-7-29-25(18-24)27-30-8-9-31-27/h1-3,6-7,14-18H,4-5,8-13H2,(H,30,31)(H,32,34). The average Bonchev–Trinajstić information content (AvgIpc) is 3.43. The molecule has 2 aliphatic rings. The van der Waals surface area contributed by atoms with Crippen molar-refractivity contribution < 1.29 is 18.7 Å². The third-order valence-corrected chi connectivity index (χ3v) is 5.97. The van der Waals surface area contributed by atoms with Crippen molar-refractivity contribution in [2.75, 3.05) is 49.6 Å². The van der Waals surface area contributed by atoms with Crippen LogP contribution in [-0.2, 0) is 16.0 Å². The maximum Gasteiger partial charge on any atom is 0.224 e. The van der Waals surface area contributed by atoms with Crippen LogP contribution in [0, 0.1) is 5.82 Å². The number of morpholine rings is 1. The maximum atomic E-state index is 14.2. The zero-order chi connectivity index (χ0) is 24.7. The number of anilines is 2. The summed E-state index contributed by atoms with van der Waals surface area (Å²) in [4.78, 5) is 23.4. The average molecular weight is 490 g/mol. The molecule has 2 aliphatic heterocycles. The summed E-state index contributed by atoms with van der Waals surface area (Å²) in [6.45, 7) is 4.16. The Kier molecular flexibility index (Phi) is 7.37. The monoisotopic (exact) mass is 489 g/mol. The van der Waals surface area contributed by atoms with Crippen LogP contribution in [0.5, 0.6) is 11.5 Å². The Morgan fingerprint density at radius 2 is 1.97 bits per heavy atom. The van der Waals surface area contributed by atoms with Crippen molar-refractivity contribution in [1.82, 2.24) is 10.3 Å². The number of hydrogen-bond acceptors (Lipinski definition) is 7. The fourth-order valence-corrected chi connectivity index (χ4v) is 4.21. The maximum absolute atomic E-state index is 14.2. The number of hydrogen-bond donors (Lipinski definition) is 2. The van der Waals surface area contributed by atoms with Gasteiger partial charge in [-0.25, -0.2) is 4.39 Å². The van der Waals surface area contributed by atoms with Crippen LogP contribution in [0.15, 0.2) is 65.8 Å². The molecule has 1 aromatic heterocycles. The molecule has 0 unspecified atom stereocenters. The van der Waals surface area contributed by atoms with Crippen LogP contribution in [0.4, 0.5) is 15.8 Å². The van der Waals surface area contributed by atoms with Crippen LogP contribution in [0.3, 0.4) is 0 Å². The highest BCUT2D eigenvalue weighted by Crippen LogP contribution is 2.25. The van der Waals surface area contributed by atoms with Gasteiger partial charge in [-0.1, -0.05) is 12.1 Å². The number of nitrogens with one attached hydrogen (secondary N) is 2. The van der Waals surface area contributed by atoms with Crippen LogP contribution >= 0.6 is 0 Å². The van der Waals surface area contributed by atoms with E-state index >= 15 is 0 Å². The van der Waals surface area contributed by atoms with E-state index in [4.69, 9.17) is 9.47 Å². The van der Waals surface area contributed by atoms with Gasteiger partial charge in [0.15, 0.2) is 0 Å². The van der Waals surface area contributed by atoms with Crippen molar-refractivity contribution in [2.24, 2.45) is 4.99 Å². The van der Waals surface area contributed by atoms with Crippen LogP contribution in [-0.4, -0.2) is 56.1 Å². The Morgan fingerprint density at radius 3 is 2.81 bits per heavy atom. The predicted molar refractivity (Wildman–Crippen MR) is 137 cm³/mol. The van der Waals surface area contributed by atoms with E-state index in [1.165, 1.54) is 12.1 Å². The van der Waals surface area contributed by atoms with Gasteiger partial charge in [0.05, 0.1) is 19.8 Å². The molecule has 8 nitrogen and oxygen atoms in total. The molecule has 5 rings (SSSR count). The summed E-state index contributed by atoms with van der Waals surface area (Å²) in [7, 11) is 0. The molecular formula is C27H28FN5O3. The first-order valence-electron chi connectivity index (χ1n) is 12.1. The number of amidine groups is 1. The Morgan fingerprint density at radius 1 is 1.11 bits per heavy atom. The number of carbonyl (C=O) groups excluding carboxylic acids is 1. The van der Waals surface area contributed by atoms with Gasteiger partial charge in [0.2, 0.25) is 5.91 Å². The van der Waals surface area contributed by atoms with Gasteiger partial charge < -0.3 is 25.0 Å². The zero-order valence-corrected chi connectivity index (χ0v) is 19.9. The molecule has 9 heteroatoms. The molecule has 1 amide bonds. The number of ether oxygens (including phenoxy) is 2. The number of benzene rings is 2. The molecule has 2 N–H and O–H groups in total. The van der Waals surface area contributed by atoms with Gasteiger partial charge in [0.25, 0.3) is 0 Å². The van der Waals surface area contributed by atoms with Crippen LogP contribution in [0.1, 0.15) is 17.7 Å². The van der Waals surface area contributed by atoms with Crippen molar-refractivity contribution >= 4 is 23.1 Å². The molecule has 3 aromatic rings. The van der Waals surface area contributed by atoms with Crippen LogP contribution in [0.25, 0.3) is 0 Å². The van der Waals surface area contributed by atoms with Gasteiger partial charge in [0, 0.05) is 49.7 Å². The second-order valence-corrected chi connectivity index (χ2v) is 8.63. The van der Waals surface area contributed by atoms with Crippen LogP contribution < -0.4 is 20.3 Å². The number of nitrogens with zero attached hydrogens (tertiary/aromatic N) is 3. The molecular weight excluding hydrogens is 461 g/mol. The van der Waals surface area contributed by atoms with Gasteiger partial charge >= 0.3 is 0 Å². The molecule has 186 valence electrons. The van der Waals surface area contributed by atoms with Crippen molar-refractivity contribution in [3.63, 3.8) is 0 Å². The first-order valence-corrected chi connectivity index (χ1v) is 12.1. The molecule has 1 saturated heterocycles. The van der Waals surface area contributed by atoms with E-state index in [1.807, 2.05) is 30.3 Å². The Balaban J connectivity index is 1.18. The van der Waals surface area contributed by atoms with E-state index in [2.05, 4.69) is 25.5 Å². The molecule has 0 spiro atoms. The molecule has 1 fully saturated rings. The summed E-state index contributed by atoms with van der Waals surface area (Å²) >= 11 is 0. The number of rotatable bonds is 8. The van der Waals surface area contributed by atoms with Gasteiger partial charge in [-0.3, -0.25) is 14.8 Å². The lowest BCUT2D eigenvalue weighted by molar-refractivity contribution is -0.116. The van der Waals surface area contributed by atoms with E-state index in [1.54, 1.807) is 18.3 Å². The normalized spacial score (nSPS) is 15.2. The summed E-state index contributed by atoms with van der Waals surface area (Å²) in [5.41, 5.74) is 2.90. The Labute approximate surface area is 209 Å². The lowest BCUT2D eigenvalue weighted by Gasteiger charge is -2.29. The van der Waals surface area contributed by atoms with Gasteiger partial charge in [-0.2, -0.15) is 0 Å². The largest absolute Gasteiger partial charge is 0.457 e. The van der Waals surface area contributed by atoms with Crippen LogP contribution in [0.2, 0.25) is 0 Å². The number of pyridine rings is 1. The number of aliphatic imine (C=N–C) groups is 1. The number of carbonyl (C=O) groups is 1. The van der Waals surface area contributed by atoms with E-state index in [-0.39, 0.29) is 18.1 Å². The SMILES string of the molecule is O=C(CCc1cccc(Oc2ccnc(C3=NCCN3)c2)c1)Nc1cc(F)cc(N2CCOCC2)c1. The van der Waals surface area contributed by atoms with Gasteiger partial charge in [-0.05, 0) is 48.4 Å². The predicted octanol–water partition coefficient (Wildman–Crippen LogP) is 3.77. The summed E-state index contributed by atoms with van der Waals surface area (Å²) < 4.78 is 25.6. The molecule has 0 aliphatic carbocycles. The number of amides is 1. The third kappa shape index (κ3) is 6.17. The van der Waals surface area contributed by atoms with Crippen molar-refractivity contribution in [3.05, 3.63) is 77.9 Å². The first-order chi connectivity index (χ1) is 17.6. The molecule has 36 heavy (non-hydrogen) atoms. The zero-order valence-electron chi connectivity index (χ0n) is 19.9. The fourth-order valence-electron chi connectivity index (χ4n) is 4.21. The van der Waals surface area contributed by atoms with Crippen molar-refractivity contribution in [1.29, 1.82) is 0 Å². The van der Waals surface area contributed by atoms with Crippen molar-refractivity contribution in [2.45, 2.75) is 12.8 Å². The first kappa shape index (κ1) is 23.7. The van der Waals surface area contributed by atoms with Crippen molar-refractivity contribution in [3.8, 4) is 11.5 Å². The number of aromatic nitrogens is 1. The Bertz CT molecular complexity index is 1260.